The number of hydrogen-bond donors (Lipinski definition) is 10. The van der Waals surface area contributed by atoms with E-state index in [1.165, 1.54) is 0 Å². The predicted molar refractivity (Wildman–Crippen MR) is 53.5 cm³/mol. The molecule has 0 aromatic rings. The van der Waals surface area contributed by atoms with Crippen molar-refractivity contribution < 1.29 is 30.0 Å². The summed E-state index contributed by atoms with van der Waals surface area (Å²) in [7, 11) is 0. The van der Waals surface area contributed by atoms with Gasteiger partial charge in [-0.2, -0.15) is 0 Å². The molecule has 0 bridgehead atoms. The summed E-state index contributed by atoms with van der Waals surface area (Å²) in [6.45, 7) is 0. The first-order valence-corrected chi connectivity index (χ1v) is 2.96. The molecule has 0 saturated carbocycles. The topological polar surface area (TPSA) is 267 Å². The maximum Gasteiger partial charge on any atom is 0.503 e. The van der Waals surface area contributed by atoms with Crippen molar-refractivity contribution in [3.8, 4) is 0 Å². The second kappa shape index (κ2) is 18.0. The second-order valence-electron chi connectivity index (χ2n) is 1.48. The molecule has 0 aliphatic heterocycles. The van der Waals surface area contributed by atoms with Gasteiger partial charge in [0.1, 0.15) is 0 Å². The molecule has 0 atom stereocenters. The Morgan fingerprint density at radius 1 is 0.688 bits per heavy atom. The molecule has 0 amide bonds. The minimum Gasteiger partial charge on any atom is -0.450 e. The molecule has 0 aromatic carbocycles. The molecular weight excluding hydrogens is 228 g/mol. The molecule has 0 rings (SSSR count). The highest BCUT2D eigenvalue weighted by Gasteiger charge is 1.70. The van der Waals surface area contributed by atoms with Crippen molar-refractivity contribution >= 4 is 24.2 Å². The van der Waals surface area contributed by atoms with Gasteiger partial charge in [0.25, 0.3) is 0 Å². The highest BCUT2D eigenvalue weighted by Crippen LogP contribution is 1.43. The SMILES string of the molecule is N=C(N)N.N=C(N)N.O=C(O)O.O=C(O)O. The predicted octanol–water partition coefficient (Wildman–Crippen LogP) is -1.88. The monoisotopic (exact) mass is 242 g/mol. The van der Waals surface area contributed by atoms with Gasteiger partial charge in [0.2, 0.25) is 0 Å². The summed E-state index contributed by atoms with van der Waals surface area (Å²) >= 11 is 0. The minimum absolute atomic E-state index is 0.333. The van der Waals surface area contributed by atoms with Gasteiger partial charge in [-0.3, -0.25) is 10.8 Å². The van der Waals surface area contributed by atoms with Crippen molar-refractivity contribution in [3.05, 3.63) is 0 Å². The summed E-state index contributed by atoms with van der Waals surface area (Å²) in [4.78, 5) is 17.1. The van der Waals surface area contributed by atoms with E-state index in [2.05, 4.69) is 22.9 Å². The van der Waals surface area contributed by atoms with Gasteiger partial charge in [0, 0.05) is 0 Å². The highest BCUT2D eigenvalue weighted by molar-refractivity contribution is 5.72. The third-order valence-electron chi connectivity index (χ3n) is 0. The van der Waals surface area contributed by atoms with Gasteiger partial charge in [-0.25, -0.2) is 9.59 Å². The number of guanidine groups is 2. The van der Waals surface area contributed by atoms with Crippen LogP contribution < -0.4 is 22.9 Å². The van der Waals surface area contributed by atoms with Gasteiger partial charge in [-0.1, -0.05) is 0 Å². The van der Waals surface area contributed by atoms with Crippen molar-refractivity contribution in [1.29, 1.82) is 10.8 Å². The normalized spacial score (nSPS) is 6.00. The van der Waals surface area contributed by atoms with Crippen molar-refractivity contribution in [2.75, 3.05) is 0 Å². The molecule has 12 nitrogen and oxygen atoms in total. The van der Waals surface area contributed by atoms with Crippen LogP contribution in [0.5, 0.6) is 0 Å². The zero-order valence-electron chi connectivity index (χ0n) is 7.91. The number of carboxylic acid groups (broad SMARTS) is 4. The lowest BCUT2D eigenvalue weighted by Crippen LogP contribution is -2.20. The van der Waals surface area contributed by atoms with Crippen molar-refractivity contribution in [2.24, 2.45) is 22.9 Å². The van der Waals surface area contributed by atoms with E-state index >= 15 is 0 Å². The van der Waals surface area contributed by atoms with Gasteiger partial charge < -0.3 is 43.4 Å². The fraction of sp³-hybridized carbons (Fsp3) is 0. The van der Waals surface area contributed by atoms with E-state index in [4.69, 9.17) is 40.8 Å². The van der Waals surface area contributed by atoms with Gasteiger partial charge in [0.05, 0.1) is 0 Å². The fourth-order valence-corrected chi connectivity index (χ4v) is 0. The van der Waals surface area contributed by atoms with Gasteiger partial charge in [-0.05, 0) is 0 Å². The smallest absolute Gasteiger partial charge is 0.450 e. The molecule has 0 radical (unpaired) electrons. The average molecular weight is 242 g/mol. The Morgan fingerprint density at radius 3 is 0.688 bits per heavy atom. The standard InChI is InChI=1S/2CH5N3.2CH2O3/c4*2-1(3)4/h2*(H5,2,3,4);2*(H2,2,3,4). The van der Waals surface area contributed by atoms with Crippen LogP contribution in [0, 0.1) is 10.8 Å². The summed E-state index contributed by atoms with van der Waals surface area (Å²) in [6.07, 6.45) is -3.67. The summed E-state index contributed by atoms with van der Waals surface area (Å²) in [5.74, 6) is -0.667. The molecule has 14 N–H and O–H groups in total. The first-order valence-electron chi connectivity index (χ1n) is 2.96. The molecule has 0 aromatic heterocycles. The quantitative estimate of drug-likeness (QED) is 0.166. The van der Waals surface area contributed by atoms with Crippen LogP contribution >= 0.6 is 0 Å². The number of carbonyl (C=O) groups is 2. The van der Waals surface area contributed by atoms with E-state index in [1.807, 2.05) is 0 Å². The Morgan fingerprint density at radius 2 is 0.688 bits per heavy atom. The molecule has 96 valence electrons. The van der Waals surface area contributed by atoms with E-state index in [1.54, 1.807) is 0 Å². The van der Waals surface area contributed by atoms with Crippen LogP contribution in [0.2, 0.25) is 0 Å². The lowest BCUT2D eigenvalue weighted by Gasteiger charge is -1.69. The number of nitrogens with two attached hydrogens (primary N) is 4. The van der Waals surface area contributed by atoms with E-state index in [0.29, 0.717) is 0 Å². The van der Waals surface area contributed by atoms with Gasteiger partial charge in [0.15, 0.2) is 11.9 Å². The Hall–Kier alpha value is -2.92. The molecule has 0 fully saturated rings. The fourth-order valence-electron chi connectivity index (χ4n) is 0. The number of rotatable bonds is 0. The van der Waals surface area contributed by atoms with Crippen molar-refractivity contribution in [3.63, 3.8) is 0 Å². The average Bonchev–Trinajstić information content (AvgIpc) is 1.76. The molecule has 16 heavy (non-hydrogen) atoms. The van der Waals surface area contributed by atoms with Crippen LogP contribution in [0.4, 0.5) is 9.59 Å². The van der Waals surface area contributed by atoms with Crippen LogP contribution in [0.3, 0.4) is 0 Å². The maximum atomic E-state index is 8.56. The largest absolute Gasteiger partial charge is 0.503 e. The number of nitrogens with one attached hydrogen (secondary N) is 2. The summed E-state index contributed by atoms with van der Waals surface area (Å²) < 4.78 is 0. The van der Waals surface area contributed by atoms with Crippen LogP contribution in [0.1, 0.15) is 0 Å². The zero-order chi connectivity index (χ0) is 14.3. The van der Waals surface area contributed by atoms with Crippen molar-refractivity contribution in [1.82, 2.24) is 0 Å². The summed E-state index contributed by atoms with van der Waals surface area (Å²) in [5.41, 5.74) is 17.9. The lowest BCUT2D eigenvalue weighted by atomic mass is 11.1. The Kier molecular flexibility index (Phi) is 26.0. The molecule has 0 aliphatic rings. The van der Waals surface area contributed by atoms with Crippen molar-refractivity contribution in [2.45, 2.75) is 0 Å². The summed E-state index contributed by atoms with van der Waals surface area (Å²) in [5, 5.41) is 40.0. The van der Waals surface area contributed by atoms with Crippen LogP contribution in [0.15, 0.2) is 0 Å². The molecule has 0 heterocycles. The molecule has 0 spiro atoms. The van der Waals surface area contributed by atoms with Gasteiger partial charge in [-0.15, -0.1) is 0 Å². The molecule has 0 aliphatic carbocycles. The third-order valence-corrected chi connectivity index (χ3v) is 0. The van der Waals surface area contributed by atoms with Crippen LogP contribution in [-0.2, 0) is 0 Å². The maximum absolute atomic E-state index is 8.56. The molecular formula is C4H14N6O6. The lowest BCUT2D eigenvalue weighted by molar-refractivity contribution is 0.135. The van der Waals surface area contributed by atoms with E-state index in [0.717, 1.165) is 0 Å². The molecule has 0 unspecified atom stereocenters. The number of hydrogen-bond acceptors (Lipinski definition) is 4. The van der Waals surface area contributed by atoms with Crippen LogP contribution in [0.25, 0.3) is 0 Å². The first-order chi connectivity index (χ1) is 6.93. The van der Waals surface area contributed by atoms with E-state index < -0.39 is 12.3 Å². The van der Waals surface area contributed by atoms with E-state index in [-0.39, 0.29) is 11.9 Å². The van der Waals surface area contributed by atoms with Crippen LogP contribution in [-0.4, -0.2) is 44.7 Å². The molecule has 0 saturated heterocycles. The minimum atomic E-state index is -1.83. The Bertz CT molecular complexity index is 165. The molecule has 12 heteroatoms. The van der Waals surface area contributed by atoms with E-state index in [9.17, 15) is 0 Å². The first kappa shape index (κ1) is 23.2. The Balaban J connectivity index is -0.0000000600. The Labute approximate surface area is 89.1 Å². The summed E-state index contributed by atoms with van der Waals surface area (Å²) in [6, 6.07) is 0. The third kappa shape index (κ3) is 132. The second-order valence-corrected chi connectivity index (χ2v) is 1.48. The van der Waals surface area contributed by atoms with Gasteiger partial charge >= 0.3 is 12.3 Å². The zero-order valence-corrected chi connectivity index (χ0v) is 7.91. The highest BCUT2D eigenvalue weighted by atomic mass is 16.6.